The quantitative estimate of drug-likeness (QED) is 0.295. The van der Waals surface area contributed by atoms with E-state index in [1.807, 2.05) is 19.2 Å². The SMILES string of the molecule is CN=C(NCCCCc1ccc(OC)cc1)NCc1cccc(N2CC=CC2)c1. The Kier molecular flexibility index (Phi) is 7.99. The highest BCUT2D eigenvalue weighted by Gasteiger charge is 2.08. The summed E-state index contributed by atoms with van der Waals surface area (Å²) in [5.74, 6) is 1.76. The number of nitrogens with zero attached hydrogens (tertiary/aromatic N) is 2. The van der Waals surface area contributed by atoms with Gasteiger partial charge in [-0.15, -0.1) is 0 Å². The maximum atomic E-state index is 5.20. The third-order valence-corrected chi connectivity index (χ3v) is 5.12. The maximum Gasteiger partial charge on any atom is 0.191 e. The number of methoxy groups -OCH3 is 1. The lowest BCUT2D eigenvalue weighted by Gasteiger charge is -2.19. The zero-order chi connectivity index (χ0) is 20.3. The molecular formula is C24H32N4O. The average Bonchev–Trinajstić information content (AvgIpc) is 3.31. The van der Waals surface area contributed by atoms with Gasteiger partial charge in [0, 0.05) is 38.9 Å². The molecule has 5 nitrogen and oxygen atoms in total. The second-order valence-electron chi connectivity index (χ2n) is 7.20. The molecule has 0 saturated carbocycles. The van der Waals surface area contributed by atoms with E-state index >= 15 is 0 Å². The van der Waals surface area contributed by atoms with Crippen LogP contribution in [0.5, 0.6) is 5.75 Å². The first-order chi connectivity index (χ1) is 14.3. The number of nitrogens with one attached hydrogen (secondary N) is 2. The van der Waals surface area contributed by atoms with Crippen LogP contribution in [0.15, 0.2) is 65.7 Å². The zero-order valence-electron chi connectivity index (χ0n) is 17.5. The number of hydrogen-bond acceptors (Lipinski definition) is 3. The maximum absolute atomic E-state index is 5.20. The molecule has 0 spiro atoms. The van der Waals surface area contributed by atoms with Crippen molar-refractivity contribution < 1.29 is 4.74 Å². The van der Waals surface area contributed by atoms with E-state index in [1.165, 1.54) is 16.8 Å². The lowest BCUT2D eigenvalue weighted by molar-refractivity contribution is 0.414. The first kappa shape index (κ1) is 20.8. The third-order valence-electron chi connectivity index (χ3n) is 5.12. The summed E-state index contributed by atoms with van der Waals surface area (Å²) in [6, 6.07) is 17.0. The summed E-state index contributed by atoms with van der Waals surface area (Å²) < 4.78 is 5.20. The number of rotatable bonds is 9. The zero-order valence-corrected chi connectivity index (χ0v) is 17.5. The van der Waals surface area contributed by atoms with E-state index in [4.69, 9.17) is 4.74 Å². The topological polar surface area (TPSA) is 48.9 Å². The van der Waals surface area contributed by atoms with Crippen LogP contribution in [-0.4, -0.2) is 39.8 Å². The minimum Gasteiger partial charge on any atom is -0.497 e. The Balaban J connectivity index is 1.35. The highest BCUT2D eigenvalue weighted by Crippen LogP contribution is 2.18. The van der Waals surface area contributed by atoms with Crippen LogP contribution in [0.25, 0.3) is 0 Å². The van der Waals surface area contributed by atoms with E-state index in [1.54, 1.807) is 7.11 Å². The van der Waals surface area contributed by atoms with Gasteiger partial charge in [-0.25, -0.2) is 0 Å². The minimum absolute atomic E-state index is 0.765. The molecule has 0 aliphatic carbocycles. The van der Waals surface area contributed by atoms with Gasteiger partial charge in [-0.3, -0.25) is 4.99 Å². The molecule has 1 heterocycles. The van der Waals surface area contributed by atoms with E-state index in [0.29, 0.717) is 0 Å². The first-order valence-corrected chi connectivity index (χ1v) is 10.3. The van der Waals surface area contributed by atoms with Crippen molar-refractivity contribution in [1.82, 2.24) is 10.6 Å². The fourth-order valence-corrected chi connectivity index (χ4v) is 3.41. The van der Waals surface area contributed by atoms with Gasteiger partial charge in [0.05, 0.1) is 7.11 Å². The molecule has 3 rings (SSSR count). The van der Waals surface area contributed by atoms with Crippen molar-refractivity contribution in [2.24, 2.45) is 4.99 Å². The molecule has 1 aliphatic rings. The summed E-state index contributed by atoms with van der Waals surface area (Å²) in [4.78, 5) is 6.70. The number of ether oxygens (including phenoxy) is 1. The number of anilines is 1. The van der Waals surface area contributed by atoms with Crippen molar-refractivity contribution in [3.05, 3.63) is 71.8 Å². The van der Waals surface area contributed by atoms with Crippen LogP contribution < -0.4 is 20.3 Å². The molecule has 0 bridgehead atoms. The number of unbranched alkanes of at least 4 members (excludes halogenated alkanes) is 1. The standard InChI is InChI=1S/C24H32N4O/c1-25-24(26-15-4-3-8-20-11-13-23(29-2)14-12-20)27-19-21-9-7-10-22(18-21)28-16-5-6-17-28/h5-7,9-14,18H,3-4,8,15-17,19H2,1-2H3,(H2,25,26,27). The lowest BCUT2D eigenvalue weighted by atomic mass is 10.1. The predicted molar refractivity (Wildman–Crippen MR) is 122 cm³/mol. The smallest absolute Gasteiger partial charge is 0.191 e. The fourth-order valence-electron chi connectivity index (χ4n) is 3.41. The van der Waals surface area contributed by atoms with E-state index in [2.05, 4.69) is 69.1 Å². The molecule has 2 aromatic rings. The van der Waals surface area contributed by atoms with Crippen molar-refractivity contribution >= 4 is 11.6 Å². The fraction of sp³-hybridized carbons (Fsp3) is 0.375. The van der Waals surface area contributed by atoms with Crippen LogP contribution in [0.2, 0.25) is 0 Å². The van der Waals surface area contributed by atoms with Gasteiger partial charge in [-0.2, -0.15) is 0 Å². The molecule has 29 heavy (non-hydrogen) atoms. The van der Waals surface area contributed by atoms with Crippen molar-refractivity contribution in [2.75, 3.05) is 38.7 Å². The third kappa shape index (κ3) is 6.56. The van der Waals surface area contributed by atoms with Gasteiger partial charge in [0.15, 0.2) is 5.96 Å². The van der Waals surface area contributed by atoms with Gasteiger partial charge < -0.3 is 20.3 Å². The van der Waals surface area contributed by atoms with Crippen molar-refractivity contribution in [2.45, 2.75) is 25.8 Å². The number of aryl methyl sites for hydroxylation is 1. The highest BCUT2D eigenvalue weighted by molar-refractivity contribution is 5.79. The largest absolute Gasteiger partial charge is 0.497 e. The Labute approximate surface area is 174 Å². The Morgan fingerprint density at radius 2 is 1.79 bits per heavy atom. The van der Waals surface area contributed by atoms with Crippen LogP contribution in [0.1, 0.15) is 24.0 Å². The lowest BCUT2D eigenvalue weighted by Crippen LogP contribution is -2.37. The summed E-state index contributed by atoms with van der Waals surface area (Å²) in [6.07, 6.45) is 7.75. The van der Waals surface area contributed by atoms with Gasteiger partial charge in [-0.05, 0) is 54.7 Å². The number of aliphatic imine (C=N–C) groups is 1. The predicted octanol–water partition coefficient (Wildman–Crippen LogP) is 3.76. The van der Waals surface area contributed by atoms with E-state index < -0.39 is 0 Å². The monoisotopic (exact) mass is 392 g/mol. The number of benzene rings is 2. The molecule has 0 saturated heterocycles. The summed E-state index contributed by atoms with van der Waals surface area (Å²) in [6.45, 7) is 3.67. The van der Waals surface area contributed by atoms with E-state index in [0.717, 1.165) is 57.2 Å². The van der Waals surface area contributed by atoms with Crippen LogP contribution >= 0.6 is 0 Å². The molecule has 2 aromatic carbocycles. The summed E-state index contributed by atoms with van der Waals surface area (Å²) >= 11 is 0. The van der Waals surface area contributed by atoms with Gasteiger partial charge >= 0.3 is 0 Å². The molecule has 0 atom stereocenters. The van der Waals surface area contributed by atoms with Crippen LogP contribution in [0.4, 0.5) is 5.69 Å². The minimum atomic E-state index is 0.765. The summed E-state index contributed by atoms with van der Waals surface area (Å²) in [5.41, 5.74) is 3.88. The molecule has 5 heteroatoms. The Morgan fingerprint density at radius 3 is 2.52 bits per heavy atom. The molecular weight excluding hydrogens is 360 g/mol. The van der Waals surface area contributed by atoms with Crippen molar-refractivity contribution in [3.63, 3.8) is 0 Å². The Morgan fingerprint density at radius 1 is 1.00 bits per heavy atom. The molecule has 1 aliphatic heterocycles. The number of guanidine groups is 1. The Hall–Kier alpha value is -2.95. The molecule has 0 aromatic heterocycles. The first-order valence-electron chi connectivity index (χ1n) is 10.3. The number of hydrogen-bond donors (Lipinski definition) is 2. The van der Waals surface area contributed by atoms with Gasteiger partial charge in [-0.1, -0.05) is 36.4 Å². The Bertz CT molecular complexity index is 806. The highest BCUT2D eigenvalue weighted by atomic mass is 16.5. The molecule has 0 radical (unpaired) electrons. The summed E-state index contributed by atoms with van der Waals surface area (Å²) in [7, 11) is 3.52. The molecule has 0 unspecified atom stereocenters. The normalized spacial score (nSPS) is 13.6. The average molecular weight is 393 g/mol. The van der Waals surface area contributed by atoms with Crippen LogP contribution in [-0.2, 0) is 13.0 Å². The molecule has 0 fully saturated rings. The van der Waals surface area contributed by atoms with Crippen LogP contribution in [0.3, 0.4) is 0 Å². The van der Waals surface area contributed by atoms with Gasteiger partial charge in [0.1, 0.15) is 5.75 Å². The van der Waals surface area contributed by atoms with Crippen molar-refractivity contribution in [3.8, 4) is 5.75 Å². The molecule has 2 N–H and O–H groups in total. The van der Waals surface area contributed by atoms with Gasteiger partial charge in [0.25, 0.3) is 0 Å². The van der Waals surface area contributed by atoms with E-state index in [-0.39, 0.29) is 0 Å². The van der Waals surface area contributed by atoms with Crippen molar-refractivity contribution in [1.29, 1.82) is 0 Å². The van der Waals surface area contributed by atoms with Crippen LogP contribution in [0, 0.1) is 0 Å². The summed E-state index contributed by atoms with van der Waals surface area (Å²) in [5, 5.41) is 6.83. The second-order valence-corrected chi connectivity index (χ2v) is 7.20. The molecule has 154 valence electrons. The molecule has 0 amide bonds. The second kappa shape index (κ2) is 11.1. The van der Waals surface area contributed by atoms with E-state index in [9.17, 15) is 0 Å². The van der Waals surface area contributed by atoms with Gasteiger partial charge in [0.2, 0.25) is 0 Å².